The summed E-state index contributed by atoms with van der Waals surface area (Å²) >= 11 is 5.18. The maximum atomic E-state index is 12.6. The molecule has 2 rings (SSSR count). The molecule has 0 atom stereocenters. The molecule has 1 aliphatic heterocycles. The Morgan fingerprint density at radius 3 is 2.84 bits per heavy atom. The number of hydrogen-bond acceptors (Lipinski definition) is 3. The van der Waals surface area contributed by atoms with Gasteiger partial charge in [0.1, 0.15) is 0 Å². The number of thiophene rings is 1. The Balaban J connectivity index is 1.97. The van der Waals surface area contributed by atoms with Crippen LogP contribution in [0.25, 0.3) is 0 Å². The summed E-state index contributed by atoms with van der Waals surface area (Å²) in [6.45, 7) is 4.70. The van der Waals surface area contributed by atoms with Crippen LogP contribution in [-0.4, -0.2) is 19.0 Å². The minimum absolute atomic E-state index is 0.149. The van der Waals surface area contributed by atoms with Crippen LogP contribution in [-0.2, 0) is 11.3 Å². The summed E-state index contributed by atoms with van der Waals surface area (Å²) in [5.41, 5.74) is -0.149. The van der Waals surface area contributed by atoms with Gasteiger partial charge in [-0.25, -0.2) is 0 Å². The van der Waals surface area contributed by atoms with Gasteiger partial charge in [0.2, 0.25) is 5.91 Å². The van der Waals surface area contributed by atoms with E-state index in [0.717, 1.165) is 43.2 Å². The molecule has 2 heterocycles. The summed E-state index contributed by atoms with van der Waals surface area (Å²) in [5, 5.41) is 8.52. The molecule has 0 aromatic carbocycles. The van der Waals surface area contributed by atoms with E-state index in [9.17, 15) is 4.79 Å². The van der Waals surface area contributed by atoms with Crippen molar-refractivity contribution in [2.75, 3.05) is 13.1 Å². The number of carbonyl (C=O) groups is 1. The molecule has 19 heavy (non-hydrogen) atoms. The molecule has 1 aromatic rings. The van der Waals surface area contributed by atoms with Crippen molar-refractivity contribution in [2.24, 2.45) is 5.41 Å². The van der Waals surface area contributed by atoms with E-state index in [1.54, 1.807) is 11.3 Å². The van der Waals surface area contributed by atoms with Gasteiger partial charge in [0.05, 0.1) is 12.0 Å². The van der Waals surface area contributed by atoms with Gasteiger partial charge in [-0.05, 0) is 59.7 Å². The third kappa shape index (κ3) is 3.58. The standard InChI is InChI=1S/C14H21BrN2OS/c1-2-4-14(5-7-16-8-6-14)13(18)17-10-12-11(15)3-9-19-12/h3,9,16H,2,4-8,10H2,1H3,(H,17,18). The van der Waals surface area contributed by atoms with Crippen LogP contribution in [0, 0.1) is 5.41 Å². The molecule has 2 N–H and O–H groups in total. The molecule has 0 spiro atoms. The fraction of sp³-hybridized carbons (Fsp3) is 0.643. The predicted octanol–water partition coefficient (Wildman–Crippen LogP) is 3.30. The molecule has 0 radical (unpaired) electrons. The highest BCUT2D eigenvalue weighted by Crippen LogP contribution is 2.34. The number of piperidine rings is 1. The molecule has 0 saturated carbocycles. The van der Waals surface area contributed by atoms with Crippen molar-refractivity contribution in [3.8, 4) is 0 Å². The lowest BCUT2D eigenvalue weighted by Crippen LogP contribution is -2.47. The minimum Gasteiger partial charge on any atom is -0.351 e. The maximum Gasteiger partial charge on any atom is 0.226 e. The van der Waals surface area contributed by atoms with Gasteiger partial charge in [-0.15, -0.1) is 11.3 Å². The van der Waals surface area contributed by atoms with Crippen molar-refractivity contribution < 1.29 is 4.79 Å². The minimum atomic E-state index is -0.149. The largest absolute Gasteiger partial charge is 0.351 e. The van der Waals surface area contributed by atoms with E-state index >= 15 is 0 Å². The molecule has 0 aliphatic carbocycles. The van der Waals surface area contributed by atoms with Crippen molar-refractivity contribution in [1.82, 2.24) is 10.6 Å². The highest BCUT2D eigenvalue weighted by molar-refractivity contribution is 9.10. The van der Waals surface area contributed by atoms with Crippen molar-refractivity contribution in [1.29, 1.82) is 0 Å². The first kappa shape index (κ1) is 15.0. The Morgan fingerprint density at radius 1 is 1.53 bits per heavy atom. The summed E-state index contributed by atoms with van der Waals surface area (Å²) in [7, 11) is 0. The molecular weight excluding hydrogens is 324 g/mol. The number of rotatable bonds is 5. The van der Waals surface area contributed by atoms with Gasteiger partial charge in [0, 0.05) is 9.35 Å². The quantitative estimate of drug-likeness (QED) is 0.860. The number of halogens is 1. The van der Waals surface area contributed by atoms with E-state index in [0.29, 0.717) is 6.54 Å². The van der Waals surface area contributed by atoms with Gasteiger partial charge in [0.15, 0.2) is 0 Å². The third-order valence-corrected chi connectivity index (χ3v) is 5.80. The Morgan fingerprint density at radius 2 is 2.26 bits per heavy atom. The summed E-state index contributed by atoms with van der Waals surface area (Å²) in [4.78, 5) is 13.8. The molecule has 1 aromatic heterocycles. The third-order valence-electron chi connectivity index (χ3n) is 3.87. The van der Waals surface area contributed by atoms with Crippen LogP contribution < -0.4 is 10.6 Å². The van der Waals surface area contributed by atoms with Crippen molar-refractivity contribution in [2.45, 2.75) is 39.2 Å². The van der Waals surface area contributed by atoms with Gasteiger partial charge < -0.3 is 10.6 Å². The molecule has 1 amide bonds. The Bertz CT molecular complexity index is 421. The molecule has 1 fully saturated rings. The Labute approximate surface area is 127 Å². The number of carbonyl (C=O) groups excluding carboxylic acids is 1. The summed E-state index contributed by atoms with van der Waals surface area (Å²) in [6.07, 6.45) is 3.97. The number of hydrogen-bond donors (Lipinski definition) is 2. The normalized spacial score (nSPS) is 18.2. The van der Waals surface area contributed by atoms with E-state index < -0.39 is 0 Å². The van der Waals surface area contributed by atoms with Crippen LogP contribution in [0.1, 0.15) is 37.5 Å². The lowest BCUT2D eigenvalue weighted by Gasteiger charge is -2.36. The molecule has 3 nitrogen and oxygen atoms in total. The Kier molecular flexibility index (Phi) is 5.42. The molecular formula is C14H21BrN2OS. The lowest BCUT2D eigenvalue weighted by atomic mass is 9.74. The Hall–Kier alpha value is -0.390. The van der Waals surface area contributed by atoms with Crippen LogP contribution in [0.4, 0.5) is 0 Å². The number of amides is 1. The van der Waals surface area contributed by atoms with E-state index in [-0.39, 0.29) is 11.3 Å². The SMILES string of the molecule is CCCC1(C(=O)NCc2sccc2Br)CCNCC1. The van der Waals surface area contributed by atoms with Gasteiger partial charge in [-0.3, -0.25) is 4.79 Å². The monoisotopic (exact) mass is 344 g/mol. The molecule has 0 unspecified atom stereocenters. The van der Waals surface area contributed by atoms with Gasteiger partial charge in [0.25, 0.3) is 0 Å². The molecule has 106 valence electrons. The zero-order valence-corrected chi connectivity index (χ0v) is 13.7. The summed E-state index contributed by atoms with van der Waals surface area (Å²) in [5.74, 6) is 0.233. The average Bonchev–Trinajstić information content (AvgIpc) is 2.83. The van der Waals surface area contributed by atoms with Crippen molar-refractivity contribution >= 4 is 33.2 Å². The lowest BCUT2D eigenvalue weighted by molar-refractivity contribution is -0.133. The average molecular weight is 345 g/mol. The van der Waals surface area contributed by atoms with E-state index in [1.807, 2.05) is 11.4 Å². The first-order valence-corrected chi connectivity index (χ1v) is 8.56. The summed E-state index contributed by atoms with van der Waals surface area (Å²) < 4.78 is 1.09. The van der Waals surface area contributed by atoms with Crippen molar-refractivity contribution in [3.05, 3.63) is 20.8 Å². The fourth-order valence-corrected chi connectivity index (χ4v) is 4.21. The fourth-order valence-electron chi connectivity index (χ4n) is 2.77. The number of nitrogens with one attached hydrogen (secondary N) is 2. The smallest absolute Gasteiger partial charge is 0.226 e. The zero-order chi connectivity index (χ0) is 13.7. The van der Waals surface area contributed by atoms with E-state index in [2.05, 4.69) is 33.5 Å². The predicted molar refractivity (Wildman–Crippen MR) is 83.3 cm³/mol. The van der Waals surface area contributed by atoms with Crippen molar-refractivity contribution in [3.63, 3.8) is 0 Å². The van der Waals surface area contributed by atoms with Crippen LogP contribution in [0.5, 0.6) is 0 Å². The summed E-state index contributed by atoms with van der Waals surface area (Å²) in [6, 6.07) is 2.03. The zero-order valence-electron chi connectivity index (χ0n) is 11.3. The topological polar surface area (TPSA) is 41.1 Å². The molecule has 1 aliphatic rings. The molecule has 0 bridgehead atoms. The molecule has 1 saturated heterocycles. The van der Waals surface area contributed by atoms with Crippen LogP contribution in [0.15, 0.2) is 15.9 Å². The highest BCUT2D eigenvalue weighted by atomic mass is 79.9. The van der Waals surface area contributed by atoms with Crippen LogP contribution in [0.2, 0.25) is 0 Å². The van der Waals surface area contributed by atoms with Gasteiger partial charge in [-0.1, -0.05) is 13.3 Å². The first-order chi connectivity index (χ1) is 9.18. The van der Waals surface area contributed by atoms with Crippen LogP contribution in [0.3, 0.4) is 0 Å². The first-order valence-electron chi connectivity index (χ1n) is 6.89. The van der Waals surface area contributed by atoms with Crippen LogP contribution >= 0.6 is 27.3 Å². The van der Waals surface area contributed by atoms with E-state index in [4.69, 9.17) is 0 Å². The second-order valence-electron chi connectivity index (χ2n) is 5.15. The maximum absolute atomic E-state index is 12.6. The second-order valence-corrected chi connectivity index (χ2v) is 7.01. The molecule has 5 heteroatoms. The second kappa shape index (κ2) is 6.86. The highest BCUT2D eigenvalue weighted by Gasteiger charge is 2.38. The van der Waals surface area contributed by atoms with E-state index in [1.165, 1.54) is 4.88 Å². The van der Waals surface area contributed by atoms with Gasteiger partial charge >= 0.3 is 0 Å². The van der Waals surface area contributed by atoms with Gasteiger partial charge in [-0.2, -0.15) is 0 Å².